The second-order valence-electron chi connectivity index (χ2n) is 7.25. The van der Waals surface area contributed by atoms with Gasteiger partial charge in [0.1, 0.15) is 0 Å². The monoisotopic (exact) mass is 428 g/mol. The lowest BCUT2D eigenvalue weighted by molar-refractivity contribution is 0.133. The van der Waals surface area contributed by atoms with Crippen LogP contribution in [-0.2, 0) is 0 Å². The number of hydrogen-bond donors (Lipinski definition) is 1. The molecule has 0 radical (unpaired) electrons. The van der Waals surface area contributed by atoms with E-state index in [1.54, 1.807) is 6.92 Å². The number of aliphatic hydroxyl groups excluding tert-OH is 1. The maximum atomic E-state index is 7.57. The van der Waals surface area contributed by atoms with Gasteiger partial charge in [-0.05, 0) is 62.2 Å². The van der Waals surface area contributed by atoms with E-state index in [4.69, 9.17) is 5.11 Å². The highest BCUT2D eigenvalue weighted by atomic mass is 16.2. The van der Waals surface area contributed by atoms with Gasteiger partial charge in [-0.25, -0.2) is 0 Å². The summed E-state index contributed by atoms with van der Waals surface area (Å²) in [7, 11) is 0. The van der Waals surface area contributed by atoms with Crippen molar-refractivity contribution in [1.29, 1.82) is 0 Å². The van der Waals surface area contributed by atoms with E-state index < -0.39 is 0 Å². The van der Waals surface area contributed by atoms with Gasteiger partial charge in [0.2, 0.25) is 0 Å². The van der Waals surface area contributed by atoms with Crippen LogP contribution in [0.1, 0.15) is 135 Å². The second-order valence-corrected chi connectivity index (χ2v) is 7.25. The van der Waals surface area contributed by atoms with E-state index in [0.29, 0.717) is 5.41 Å². The number of fused-ring (bicyclic) bond motifs is 1. The van der Waals surface area contributed by atoms with Crippen LogP contribution >= 0.6 is 0 Å². The summed E-state index contributed by atoms with van der Waals surface area (Å²) < 4.78 is 0. The summed E-state index contributed by atoms with van der Waals surface area (Å²) in [4.78, 5) is 0. The van der Waals surface area contributed by atoms with Crippen molar-refractivity contribution in [1.82, 2.24) is 0 Å². The Labute approximate surface area is 194 Å². The Hall–Kier alpha value is -0.560. The Balaban J connectivity index is -0.000000136. The van der Waals surface area contributed by atoms with Crippen molar-refractivity contribution in [3.63, 3.8) is 0 Å². The highest BCUT2D eigenvalue weighted by Gasteiger charge is 2.42. The molecular weight excluding hydrogens is 364 g/mol. The minimum atomic E-state index is 0.250. The molecule has 2 aliphatic carbocycles. The first-order valence-electron chi connectivity index (χ1n) is 13.3. The number of hydrogen-bond acceptors (Lipinski definition) is 1. The molecule has 0 heterocycles. The van der Waals surface area contributed by atoms with Gasteiger partial charge in [-0.15, -0.1) is 13.2 Å². The van der Waals surface area contributed by atoms with Gasteiger partial charge >= 0.3 is 0 Å². The fourth-order valence-corrected chi connectivity index (χ4v) is 4.17. The first-order valence-corrected chi connectivity index (χ1v) is 13.3. The zero-order valence-electron chi connectivity index (χ0n) is 23.8. The Morgan fingerprint density at radius 2 is 1.37 bits per heavy atom. The predicted octanol–water partition coefficient (Wildman–Crippen LogP) is 10.5. The number of aliphatic hydroxyl groups is 1. The highest BCUT2D eigenvalue weighted by molar-refractivity contribution is 5.23. The molecule has 4 atom stereocenters. The standard InChI is InChI=1S/C17H30.C2H6O.4C2H6.C2H4/c1-5-6-11-17(4)14(3)8-9-15-12-13(2)7-10-16(15)17;1-2-3;5*1-2/h10,13-15H,5-9,11-12H2,1-4H3;3H,2H2,1H3;4*1-2H3;1-2H2. The summed E-state index contributed by atoms with van der Waals surface area (Å²) in [5.41, 5.74) is 2.38. The van der Waals surface area contributed by atoms with Crippen LogP contribution in [0, 0.1) is 23.2 Å². The third-order valence-corrected chi connectivity index (χ3v) is 5.61. The Bertz CT molecular complexity index is 320. The quantitative estimate of drug-likeness (QED) is 0.443. The zero-order valence-corrected chi connectivity index (χ0v) is 23.8. The predicted molar refractivity (Wildman–Crippen MR) is 145 cm³/mol. The van der Waals surface area contributed by atoms with Crippen molar-refractivity contribution >= 4 is 0 Å². The molecular formula is C29H64O. The van der Waals surface area contributed by atoms with Crippen molar-refractivity contribution < 1.29 is 5.11 Å². The van der Waals surface area contributed by atoms with Gasteiger partial charge in [-0.1, -0.05) is 108 Å². The summed E-state index contributed by atoms with van der Waals surface area (Å²) in [5.74, 6) is 2.74. The average Bonchev–Trinajstić information content (AvgIpc) is 2.82. The van der Waals surface area contributed by atoms with Gasteiger partial charge < -0.3 is 5.11 Å². The molecule has 1 nitrogen and oxygen atoms in total. The van der Waals surface area contributed by atoms with E-state index in [-0.39, 0.29) is 6.61 Å². The van der Waals surface area contributed by atoms with E-state index in [2.05, 4.69) is 46.9 Å². The molecule has 0 aromatic heterocycles. The third kappa shape index (κ3) is 16.2. The molecule has 1 saturated carbocycles. The SMILES string of the molecule is C=C.CC.CC.CC.CC.CCCCC1(C)C2=CCC(C)CC2CCC1C.CCO. The first-order chi connectivity index (χ1) is 14.5. The molecule has 2 rings (SSSR count). The molecule has 0 bridgehead atoms. The van der Waals surface area contributed by atoms with E-state index >= 15 is 0 Å². The van der Waals surface area contributed by atoms with Crippen LogP contribution in [0.15, 0.2) is 24.8 Å². The van der Waals surface area contributed by atoms with Gasteiger partial charge in [0.25, 0.3) is 0 Å². The van der Waals surface area contributed by atoms with E-state index in [9.17, 15) is 0 Å². The lowest BCUT2D eigenvalue weighted by atomic mass is 9.56. The van der Waals surface area contributed by atoms with Crippen molar-refractivity contribution in [3.8, 4) is 0 Å². The number of rotatable bonds is 3. The maximum absolute atomic E-state index is 7.57. The molecule has 0 aromatic carbocycles. The lowest BCUT2D eigenvalue weighted by Crippen LogP contribution is -2.38. The minimum absolute atomic E-state index is 0.250. The minimum Gasteiger partial charge on any atom is -0.397 e. The number of allylic oxidation sites excluding steroid dienone is 2. The summed E-state index contributed by atoms with van der Waals surface area (Å²) in [5, 5.41) is 7.57. The van der Waals surface area contributed by atoms with E-state index in [1.165, 1.54) is 44.9 Å². The summed E-state index contributed by atoms with van der Waals surface area (Å²) >= 11 is 0. The molecule has 1 fully saturated rings. The molecule has 0 aliphatic heterocycles. The molecule has 0 spiro atoms. The fourth-order valence-electron chi connectivity index (χ4n) is 4.17. The molecule has 0 saturated heterocycles. The van der Waals surface area contributed by atoms with Crippen LogP contribution in [0.2, 0.25) is 0 Å². The van der Waals surface area contributed by atoms with Crippen LogP contribution in [0.4, 0.5) is 0 Å². The molecule has 4 unspecified atom stereocenters. The van der Waals surface area contributed by atoms with Gasteiger partial charge in [-0.3, -0.25) is 0 Å². The molecule has 0 amide bonds. The van der Waals surface area contributed by atoms with Crippen LogP contribution in [0.5, 0.6) is 0 Å². The Morgan fingerprint density at radius 3 is 1.77 bits per heavy atom. The van der Waals surface area contributed by atoms with Crippen molar-refractivity contribution in [3.05, 3.63) is 24.8 Å². The summed E-state index contributed by atoms with van der Waals surface area (Å²) in [6, 6.07) is 0. The Kier molecular flexibility index (Phi) is 40.7. The second kappa shape index (κ2) is 30.6. The molecule has 2 aliphatic rings. The molecule has 30 heavy (non-hydrogen) atoms. The molecule has 186 valence electrons. The molecule has 1 heteroatoms. The van der Waals surface area contributed by atoms with Crippen molar-refractivity contribution in [2.75, 3.05) is 6.61 Å². The zero-order chi connectivity index (χ0) is 25.2. The fraction of sp³-hybridized carbons (Fsp3) is 0.862. The maximum Gasteiger partial charge on any atom is 0.0402 e. The summed E-state index contributed by atoms with van der Waals surface area (Å²) in [6.45, 7) is 33.7. The van der Waals surface area contributed by atoms with Gasteiger partial charge in [0, 0.05) is 6.61 Å². The Morgan fingerprint density at radius 1 is 0.933 bits per heavy atom. The van der Waals surface area contributed by atoms with Gasteiger partial charge in [0.15, 0.2) is 0 Å². The van der Waals surface area contributed by atoms with Crippen LogP contribution in [0.3, 0.4) is 0 Å². The highest BCUT2D eigenvalue weighted by Crippen LogP contribution is 2.54. The topological polar surface area (TPSA) is 20.2 Å². The summed E-state index contributed by atoms with van der Waals surface area (Å²) in [6.07, 6.45) is 12.5. The van der Waals surface area contributed by atoms with Crippen LogP contribution < -0.4 is 0 Å². The third-order valence-electron chi connectivity index (χ3n) is 5.61. The van der Waals surface area contributed by atoms with Gasteiger partial charge in [-0.2, -0.15) is 0 Å². The average molecular weight is 429 g/mol. The lowest BCUT2D eigenvalue weighted by Gasteiger charge is -2.49. The van der Waals surface area contributed by atoms with Crippen molar-refractivity contribution in [2.24, 2.45) is 23.2 Å². The van der Waals surface area contributed by atoms with E-state index in [0.717, 1.165) is 17.8 Å². The van der Waals surface area contributed by atoms with E-state index in [1.807, 2.05) is 61.0 Å². The first kappa shape index (κ1) is 39.9. The van der Waals surface area contributed by atoms with Crippen molar-refractivity contribution in [2.45, 2.75) is 135 Å². The normalized spacial score (nSPS) is 25.3. The smallest absolute Gasteiger partial charge is 0.0402 e. The van der Waals surface area contributed by atoms with Crippen LogP contribution in [0.25, 0.3) is 0 Å². The largest absolute Gasteiger partial charge is 0.397 e. The van der Waals surface area contributed by atoms with Gasteiger partial charge in [0.05, 0.1) is 0 Å². The van der Waals surface area contributed by atoms with Crippen LogP contribution in [-0.4, -0.2) is 11.7 Å². The molecule has 0 aromatic rings. The molecule has 1 N–H and O–H groups in total. The number of unbranched alkanes of at least 4 members (excludes halogenated alkanes) is 1.